The Morgan fingerprint density at radius 3 is 2.34 bits per heavy atom. The molecule has 0 spiro atoms. The number of hydrogen-bond acceptors (Lipinski definition) is 3. The second-order valence-corrected chi connectivity index (χ2v) is 8.17. The van der Waals surface area contributed by atoms with E-state index in [9.17, 15) is 22.0 Å². The minimum absolute atomic E-state index is 0.0616. The maximum absolute atomic E-state index is 14.2. The zero-order chi connectivity index (χ0) is 21.0. The van der Waals surface area contributed by atoms with Gasteiger partial charge >= 0.3 is 0 Å². The Morgan fingerprint density at radius 1 is 0.966 bits per heavy atom. The Kier molecular flexibility index (Phi) is 6.26. The number of sulfonamides is 1. The molecule has 0 fully saturated rings. The van der Waals surface area contributed by atoms with Crippen molar-refractivity contribution in [2.45, 2.75) is 11.4 Å². The van der Waals surface area contributed by atoms with Crippen molar-refractivity contribution < 1.29 is 22.0 Å². The lowest BCUT2D eigenvalue weighted by Gasteiger charge is -2.11. The molecule has 29 heavy (non-hydrogen) atoms. The Balaban J connectivity index is 1.81. The van der Waals surface area contributed by atoms with Gasteiger partial charge in [0, 0.05) is 12.1 Å². The van der Waals surface area contributed by atoms with Gasteiger partial charge in [0.2, 0.25) is 10.0 Å². The predicted octanol–water partition coefficient (Wildman–Crippen LogP) is 4.35. The molecule has 2 N–H and O–H groups in total. The minimum Gasteiger partial charge on any atom is -0.321 e. The lowest BCUT2D eigenvalue weighted by atomic mass is 10.2. The van der Waals surface area contributed by atoms with Crippen molar-refractivity contribution in [2.24, 2.45) is 0 Å². The van der Waals surface area contributed by atoms with Crippen LogP contribution in [0.1, 0.15) is 15.9 Å². The van der Waals surface area contributed by atoms with Crippen molar-refractivity contribution in [3.05, 3.63) is 94.5 Å². The number of benzene rings is 3. The van der Waals surface area contributed by atoms with Crippen LogP contribution in [0, 0.1) is 11.6 Å². The molecule has 0 atom stereocenters. The molecule has 0 radical (unpaired) electrons. The molecule has 0 bridgehead atoms. The fourth-order valence-electron chi connectivity index (χ4n) is 2.47. The molecule has 0 aliphatic rings. The number of carbonyl (C=O) groups is 1. The number of anilines is 1. The maximum atomic E-state index is 14.2. The van der Waals surface area contributed by atoms with Gasteiger partial charge in [0.15, 0.2) is 0 Å². The molecule has 3 rings (SSSR count). The zero-order valence-electron chi connectivity index (χ0n) is 14.8. The molecule has 0 aliphatic heterocycles. The van der Waals surface area contributed by atoms with Gasteiger partial charge in [-0.05, 0) is 48.0 Å². The molecule has 0 aromatic heterocycles. The molecule has 0 aliphatic carbocycles. The fourth-order valence-corrected chi connectivity index (χ4v) is 3.77. The molecule has 3 aromatic rings. The smallest absolute Gasteiger partial charge is 0.255 e. The van der Waals surface area contributed by atoms with E-state index < -0.39 is 32.5 Å². The third kappa shape index (κ3) is 5.17. The molecule has 0 saturated heterocycles. The van der Waals surface area contributed by atoms with E-state index in [1.807, 2.05) is 0 Å². The summed E-state index contributed by atoms with van der Waals surface area (Å²) >= 11 is 5.99. The van der Waals surface area contributed by atoms with Crippen LogP contribution in [-0.4, -0.2) is 14.3 Å². The van der Waals surface area contributed by atoms with Gasteiger partial charge in [0.05, 0.1) is 10.7 Å². The first-order chi connectivity index (χ1) is 13.8. The van der Waals surface area contributed by atoms with Crippen LogP contribution in [0.4, 0.5) is 14.5 Å². The average Bonchev–Trinajstić information content (AvgIpc) is 2.69. The van der Waals surface area contributed by atoms with Crippen molar-refractivity contribution >= 4 is 33.2 Å². The highest BCUT2D eigenvalue weighted by Gasteiger charge is 2.21. The van der Waals surface area contributed by atoms with E-state index in [-0.39, 0.29) is 12.1 Å². The Hall–Kier alpha value is -2.81. The average molecular weight is 437 g/mol. The van der Waals surface area contributed by atoms with E-state index in [0.29, 0.717) is 16.3 Å². The van der Waals surface area contributed by atoms with Gasteiger partial charge in [-0.3, -0.25) is 4.79 Å². The van der Waals surface area contributed by atoms with E-state index in [4.69, 9.17) is 11.6 Å². The van der Waals surface area contributed by atoms with E-state index >= 15 is 0 Å². The van der Waals surface area contributed by atoms with Crippen LogP contribution in [0.3, 0.4) is 0 Å². The number of rotatable bonds is 6. The molecule has 5 nitrogen and oxygen atoms in total. The quantitative estimate of drug-likeness (QED) is 0.603. The Morgan fingerprint density at radius 2 is 1.66 bits per heavy atom. The molecule has 0 heterocycles. The van der Waals surface area contributed by atoms with Crippen molar-refractivity contribution in [1.82, 2.24) is 4.72 Å². The lowest BCUT2D eigenvalue weighted by Crippen LogP contribution is -2.25. The highest BCUT2D eigenvalue weighted by Crippen LogP contribution is 2.22. The maximum Gasteiger partial charge on any atom is 0.255 e. The summed E-state index contributed by atoms with van der Waals surface area (Å²) in [5.74, 6) is -2.11. The van der Waals surface area contributed by atoms with E-state index in [1.165, 1.54) is 30.3 Å². The van der Waals surface area contributed by atoms with Crippen LogP contribution in [-0.2, 0) is 16.6 Å². The summed E-state index contributed by atoms with van der Waals surface area (Å²) < 4.78 is 54.4. The molecular formula is C20H15ClF2N2O3S. The van der Waals surface area contributed by atoms with Gasteiger partial charge in [-0.25, -0.2) is 21.9 Å². The summed E-state index contributed by atoms with van der Waals surface area (Å²) in [5, 5.41) is 2.85. The number of nitrogens with one attached hydrogen (secondary N) is 2. The van der Waals surface area contributed by atoms with Crippen LogP contribution in [0.5, 0.6) is 0 Å². The van der Waals surface area contributed by atoms with Crippen LogP contribution in [0.2, 0.25) is 5.02 Å². The minimum atomic E-state index is -4.26. The molecule has 3 aromatic carbocycles. The number of hydrogen-bond donors (Lipinski definition) is 2. The normalized spacial score (nSPS) is 11.3. The van der Waals surface area contributed by atoms with E-state index in [2.05, 4.69) is 10.0 Å². The van der Waals surface area contributed by atoms with Gasteiger partial charge in [0.25, 0.3) is 5.91 Å². The standard InChI is InChI=1S/C20H15ClF2N2O3S/c21-16-3-1-2-4-18(16)25-20(26)14-7-10-17(23)19(11-14)29(27,28)24-12-13-5-8-15(22)9-6-13/h1-11,24H,12H2,(H,25,26). The zero-order valence-corrected chi connectivity index (χ0v) is 16.4. The Labute approximate surface area is 171 Å². The molecule has 0 unspecified atom stereocenters. The van der Waals surface area contributed by atoms with Crippen molar-refractivity contribution in [2.75, 3.05) is 5.32 Å². The predicted molar refractivity (Wildman–Crippen MR) is 106 cm³/mol. The molecular weight excluding hydrogens is 422 g/mol. The van der Waals surface area contributed by atoms with Crippen molar-refractivity contribution in [1.29, 1.82) is 0 Å². The lowest BCUT2D eigenvalue weighted by molar-refractivity contribution is 0.102. The topological polar surface area (TPSA) is 75.3 Å². The first kappa shape index (κ1) is 20.9. The van der Waals surface area contributed by atoms with Gasteiger partial charge < -0.3 is 5.32 Å². The third-order valence-electron chi connectivity index (χ3n) is 3.98. The summed E-state index contributed by atoms with van der Waals surface area (Å²) in [7, 11) is -4.26. The van der Waals surface area contributed by atoms with Gasteiger partial charge in [0.1, 0.15) is 16.5 Å². The van der Waals surface area contributed by atoms with Crippen molar-refractivity contribution in [3.63, 3.8) is 0 Å². The number of carbonyl (C=O) groups excluding carboxylic acids is 1. The Bertz CT molecular complexity index is 1150. The van der Waals surface area contributed by atoms with Gasteiger partial charge in [-0.1, -0.05) is 35.9 Å². The van der Waals surface area contributed by atoms with E-state index in [0.717, 1.165) is 12.1 Å². The molecule has 0 saturated carbocycles. The number of halogens is 3. The number of amides is 1. The van der Waals surface area contributed by atoms with Gasteiger partial charge in [-0.15, -0.1) is 0 Å². The summed E-state index contributed by atoms with van der Waals surface area (Å²) in [5.41, 5.74) is 0.763. The molecule has 150 valence electrons. The summed E-state index contributed by atoms with van der Waals surface area (Å²) in [4.78, 5) is 11.8. The molecule has 1 amide bonds. The SMILES string of the molecule is O=C(Nc1ccccc1Cl)c1ccc(F)c(S(=O)(=O)NCc2ccc(F)cc2)c1. The van der Waals surface area contributed by atoms with Crippen LogP contribution < -0.4 is 10.0 Å². The van der Waals surface area contributed by atoms with Gasteiger partial charge in [-0.2, -0.15) is 0 Å². The second-order valence-electron chi connectivity index (χ2n) is 6.03. The second kappa shape index (κ2) is 8.69. The third-order valence-corrected chi connectivity index (χ3v) is 5.73. The summed E-state index contributed by atoms with van der Waals surface area (Å²) in [6, 6.07) is 14.7. The van der Waals surface area contributed by atoms with Crippen LogP contribution >= 0.6 is 11.6 Å². The van der Waals surface area contributed by atoms with Crippen LogP contribution in [0.15, 0.2) is 71.6 Å². The summed E-state index contributed by atoms with van der Waals surface area (Å²) in [6.07, 6.45) is 0. The fraction of sp³-hybridized carbons (Fsp3) is 0.0500. The highest BCUT2D eigenvalue weighted by atomic mass is 35.5. The molecule has 9 heteroatoms. The number of para-hydroxylation sites is 1. The van der Waals surface area contributed by atoms with Crippen molar-refractivity contribution in [3.8, 4) is 0 Å². The monoisotopic (exact) mass is 436 g/mol. The van der Waals surface area contributed by atoms with Crippen LogP contribution in [0.25, 0.3) is 0 Å². The first-order valence-electron chi connectivity index (χ1n) is 8.36. The van der Waals surface area contributed by atoms with E-state index in [1.54, 1.807) is 24.3 Å². The summed E-state index contributed by atoms with van der Waals surface area (Å²) in [6.45, 7) is -0.169. The largest absolute Gasteiger partial charge is 0.321 e. The first-order valence-corrected chi connectivity index (χ1v) is 10.2. The highest BCUT2D eigenvalue weighted by molar-refractivity contribution is 7.89.